The smallest absolute Gasteiger partial charge is 0.267 e. The van der Waals surface area contributed by atoms with E-state index in [-0.39, 0.29) is 23.2 Å². The zero-order chi connectivity index (χ0) is 16.9. The van der Waals surface area contributed by atoms with Gasteiger partial charge in [0.15, 0.2) is 0 Å². The number of hydrogen-bond acceptors (Lipinski definition) is 4. The summed E-state index contributed by atoms with van der Waals surface area (Å²) in [6.45, 7) is 5.15. The van der Waals surface area contributed by atoms with E-state index in [4.69, 9.17) is 0 Å². The predicted octanol–water partition coefficient (Wildman–Crippen LogP) is 0.961. The molecule has 0 radical (unpaired) electrons. The summed E-state index contributed by atoms with van der Waals surface area (Å²) < 4.78 is 28.4. The summed E-state index contributed by atoms with van der Waals surface area (Å²) in [7, 11) is -1.82. The highest BCUT2D eigenvalue weighted by atomic mass is 35.5. The molecule has 2 N–H and O–H groups in total. The number of halogens is 1. The molecule has 0 saturated carbocycles. The number of rotatable bonds is 7. The van der Waals surface area contributed by atoms with Crippen LogP contribution in [0.1, 0.15) is 36.7 Å². The van der Waals surface area contributed by atoms with Gasteiger partial charge in [-0.1, -0.05) is 13.3 Å². The van der Waals surface area contributed by atoms with Crippen LogP contribution < -0.4 is 10.6 Å². The van der Waals surface area contributed by atoms with Crippen molar-refractivity contribution in [2.45, 2.75) is 31.1 Å². The van der Waals surface area contributed by atoms with E-state index < -0.39 is 10.0 Å². The van der Waals surface area contributed by atoms with Gasteiger partial charge < -0.3 is 15.2 Å². The Balaban J connectivity index is 0.00000288. The minimum Gasteiger partial charge on any atom is -0.349 e. The maximum Gasteiger partial charge on any atom is 0.267 e. The average molecular weight is 379 g/mol. The van der Waals surface area contributed by atoms with Gasteiger partial charge in [0, 0.05) is 39.4 Å². The van der Waals surface area contributed by atoms with Crippen LogP contribution in [0, 0.1) is 0 Å². The van der Waals surface area contributed by atoms with Gasteiger partial charge in [0.25, 0.3) is 5.91 Å². The molecule has 138 valence electrons. The van der Waals surface area contributed by atoms with Crippen LogP contribution in [0.2, 0.25) is 0 Å². The number of nitrogens with one attached hydrogen (secondary N) is 2. The summed E-state index contributed by atoms with van der Waals surface area (Å²) in [6, 6.07) is 1.46. The van der Waals surface area contributed by atoms with Crippen LogP contribution in [0.5, 0.6) is 0 Å². The first-order chi connectivity index (χ1) is 11.0. The van der Waals surface area contributed by atoms with Gasteiger partial charge in [-0.3, -0.25) is 4.79 Å². The molecule has 24 heavy (non-hydrogen) atoms. The number of nitrogens with zero attached hydrogens (tertiary/aromatic N) is 2. The van der Waals surface area contributed by atoms with Crippen molar-refractivity contribution in [3.05, 3.63) is 18.0 Å². The Hall–Kier alpha value is -1.09. The molecule has 2 heterocycles. The minimum absolute atomic E-state index is 0. The number of carbonyl (C=O) groups excluding carboxylic acids is 1. The highest BCUT2D eigenvalue weighted by Gasteiger charge is 2.28. The number of aromatic nitrogens is 1. The van der Waals surface area contributed by atoms with Gasteiger partial charge in [0.1, 0.15) is 10.6 Å². The molecule has 0 unspecified atom stereocenters. The van der Waals surface area contributed by atoms with Crippen molar-refractivity contribution in [3.63, 3.8) is 0 Å². The monoisotopic (exact) mass is 378 g/mol. The second-order valence-electron chi connectivity index (χ2n) is 5.75. The van der Waals surface area contributed by atoms with E-state index in [9.17, 15) is 13.2 Å². The SMILES string of the molecule is CCNCCNC(=O)c1cc(S(=O)(=O)N2CCCCC2)cn1C.Cl. The molecule has 1 aromatic rings. The fourth-order valence-electron chi connectivity index (χ4n) is 2.69. The third-order valence-corrected chi connectivity index (χ3v) is 5.87. The molecule has 0 bridgehead atoms. The van der Waals surface area contributed by atoms with Crippen LogP contribution >= 0.6 is 12.4 Å². The van der Waals surface area contributed by atoms with Gasteiger partial charge in [-0.2, -0.15) is 4.31 Å². The largest absolute Gasteiger partial charge is 0.349 e. The Morgan fingerprint density at radius 3 is 2.50 bits per heavy atom. The van der Waals surface area contributed by atoms with Gasteiger partial charge >= 0.3 is 0 Å². The van der Waals surface area contributed by atoms with Gasteiger partial charge in [0.2, 0.25) is 10.0 Å². The molecule has 1 aromatic heterocycles. The van der Waals surface area contributed by atoms with Crippen molar-refractivity contribution >= 4 is 28.3 Å². The van der Waals surface area contributed by atoms with Crippen molar-refractivity contribution in [2.75, 3.05) is 32.7 Å². The van der Waals surface area contributed by atoms with Crippen molar-refractivity contribution < 1.29 is 13.2 Å². The van der Waals surface area contributed by atoms with E-state index in [0.717, 1.165) is 25.8 Å². The standard InChI is InChI=1S/C15H26N4O3S.ClH/c1-3-16-7-8-17-15(20)14-11-13(12-18(14)2)23(21,22)19-9-5-4-6-10-19;/h11-12,16H,3-10H2,1-2H3,(H,17,20);1H. The lowest BCUT2D eigenvalue weighted by Crippen LogP contribution is -2.35. The van der Waals surface area contributed by atoms with E-state index >= 15 is 0 Å². The minimum atomic E-state index is -3.51. The van der Waals surface area contributed by atoms with Gasteiger partial charge in [0.05, 0.1) is 0 Å². The normalized spacial score (nSPS) is 15.8. The Labute approximate surface area is 150 Å². The van der Waals surface area contributed by atoms with Crippen LogP contribution in [0.4, 0.5) is 0 Å². The Bertz CT molecular complexity index is 639. The molecule has 7 nitrogen and oxygen atoms in total. The number of aryl methyl sites for hydroxylation is 1. The molecule has 0 spiro atoms. The summed E-state index contributed by atoms with van der Waals surface area (Å²) in [6.07, 6.45) is 4.37. The maximum absolute atomic E-state index is 12.6. The number of hydrogen-bond donors (Lipinski definition) is 2. The van der Waals surface area contributed by atoms with E-state index in [1.165, 1.54) is 16.6 Å². The zero-order valence-electron chi connectivity index (χ0n) is 14.2. The molecule has 0 aromatic carbocycles. The zero-order valence-corrected chi connectivity index (χ0v) is 15.9. The molecule has 1 fully saturated rings. The molecule has 1 aliphatic rings. The van der Waals surface area contributed by atoms with Crippen LogP contribution in [0.3, 0.4) is 0 Å². The fraction of sp³-hybridized carbons (Fsp3) is 0.667. The third kappa shape index (κ3) is 4.95. The third-order valence-electron chi connectivity index (χ3n) is 4.00. The first-order valence-electron chi connectivity index (χ1n) is 8.12. The number of likely N-dealkylation sites (N-methyl/N-ethyl adjacent to an activating group) is 1. The summed E-state index contributed by atoms with van der Waals surface area (Å²) in [5, 5.41) is 5.91. The highest BCUT2D eigenvalue weighted by molar-refractivity contribution is 7.89. The topological polar surface area (TPSA) is 83.4 Å². The summed E-state index contributed by atoms with van der Waals surface area (Å²) in [5.74, 6) is -0.259. The van der Waals surface area contributed by atoms with Gasteiger partial charge in [-0.15, -0.1) is 12.4 Å². The Kier molecular flexibility index (Phi) is 8.21. The van der Waals surface area contributed by atoms with E-state index in [1.54, 1.807) is 11.6 Å². The second-order valence-corrected chi connectivity index (χ2v) is 7.68. The molecular formula is C15H27ClN4O3S. The molecule has 0 atom stereocenters. The lowest BCUT2D eigenvalue weighted by Gasteiger charge is -2.25. The first kappa shape index (κ1) is 21.0. The van der Waals surface area contributed by atoms with E-state index in [2.05, 4.69) is 10.6 Å². The molecule has 1 saturated heterocycles. The molecule has 1 aliphatic heterocycles. The van der Waals surface area contributed by atoms with E-state index in [1.807, 2.05) is 6.92 Å². The molecule has 9 heteroatoms. The van der Waals surface area contributed by atoms with Gasteiger partial charge in [-0.25, -0.2) is 8.42 Å². The highest BCUT2D eigenvalue weighted by Crippen LogP contribution is 2.22. The van der Waals surface area contributed by atoms with Crippen LogP contribution in [0.15, 0.2) is 17.2 Å². The predicted molar refractivity (Wildman–Crippen MR) is 96.1 cm³/mol. The number of carbonyl (C=O) groups is 1. The van der Waals surface area contributed by atoms with Crippen molar-refractivity contribution in [1.29, 1.82) is 0 Å². The molecule has 2 rings (SSSR count). The van der Waals surface area contributed by atoms with E-state index in [0.29, 0.717) is 31.9 Å². The number of amides is 1. The summed E-state index contributed by atoms with van der Waals surface area (Å²) >= 11 is 0. The van der Waals surface area contributed by atoms with Crippen molar-refractivity contribution in [3.8, 4) is 0 Å². The fourth-order valence-corrected chi connectivity index (χ4v) is 4.28. The average Bonchev–Trinajstić information content (AvgIpc) is 2.95. The maximum atomic E-state index is 12.6. The molecule has 0 aliphatic carbocycles. The Morgan fingerprint density at radius 2 is 1.88 bits per heavy atom. The number of sulfonamides is 1. The second kappa shape index (κ2) is 9.41. The molecular weight excluding hydrogens is 352 g/mol. The van der Waals surface area contributed by atoms with Crippen molar-refractivity contribution in [1.82, 2.24) is 19.5 Å². The number of piperidine rings is 1. The van der Waals surface area contributed by atoms with Gasteiger partial charge in [-0.05, 0) is 25.5 Å². The van der Waals surface area contributed by atoms with Crippen molar-refractivity contribution in [2.24, 2.45) is 7.05 Å². The lowest BCUT2D eigenvalue weighted by atomic mass is 10.2. The lowest BCUT2D eigenvalue weighted by molar-refractivity contribution is 0.0946. The van der Waals surface area contributed by atoms with Crippen LogP contribution in [0.25, 0.3) is 0 Å². The first-order valence-corrected chi connectivity index (χ1v) is 9.56. The summed E-state index contributed by atoms with van der Waals surface area (Å²) in [4.78, 5) is 12.4. The van der Waals surface area contributed by atoms with Crippen LogP contribution in [-0.2, 0) is 17.1 Å². The van der Waals surface area contributed by atoms with Crippen LogP contribution in [-0.4, -0.2) is 55.9 Å². The molecule has 1 amide bonds. The quantitative estimate of drug-likeness (QED) is 0.692. The Morgan fingerprint density at radius 1 is 1.21 bits per heavy atom. The summed E-state index contributed by atoms with van der Waals surface area (Å²) in [5.41, 5.74) is 0.358.